The number of rotatable bonds is 1. The molecule has 1 nitrogen and oxygen atoms in total. The molecule has 1 aliphatic carbocycles. The Hall–Kier alpha value is -0.0400. The van der Waals surface area contributed by atoms with Gasteiger partial charge >= 0.3 is 0 Å². The molecule has 60 valence electrons. The molecule has 1 rings (SSSR count). The van der Waals surface area contributed by atoms with Gasteiger partial charge < -0.3 is 5.11 Å². The summed E-state index contributed by atoms with van der Waals surface area (Å²) in [4.78, 5) is 0. The Balaban J connectivity index is 2.72. The van der Waals surface area contributed by atoms with Gasteiger partial charge in [0.25, 0.3) is 0 Å². The number of hydrogen-bond acceptors (Lipinski definition) is 1. The van der Waals surface area contributed by atoms with Gasteiger partial charge in [-0.25, -0.2) is 0 Å². The highest BCUT2D eigenvalue weighted by Gasteiger charge is 2.66. The van der Waals surface area contributed by atoms with Crippen LogP contribution in [-0.2, 0) is 0 Å². The number of aliphatic hydroxyl groups is 1. The maximum Gasteiger partial charge on any atom is 0.0550 e. The van der Waals surface area contributed by atoms with Gasteiger partial charge in [0.1, 0.15) is 0 Å². The zero-order valence-electron chi connectivity index (χ0n) is 7.60. The first kappa shape index (κ1) is 8.06. The fourth-order valence-corrected chi connectivity index (χ4v) is 2.45. The topological polar surface area (TPSA) is 20.2 Å². The van der Waals surface area contributed by atoms with E-state index in [4.69, 9.17) is 0 Å². The molecule has 1 heteroatoms. The van der Waals surface area contributed by atoms with Crippen molar-refractivity contribution in [3.05, 3.63) is 0 Å². The molecule has 0 amide bonds. The Morgan fingerprint density at radius 2 is 1.40 bits per heavy atom. The van der Waals surface area contributed by atoms with Gasteiger partial charge in [-0.2, -0.15) is 0 Å². The first-order chi connectivity index (χ1) is 4.32. The van der Waals surface area contributed by atoms with E-state index in [9.17, 15) is 5.11 Å². The highest BCUT2D eigenvalue weighted by molar-refractivity contribution is 5.13. The average Bonchev–Trinajstić information content (AvgIpc) is 1.97. The third-order valence-electron chi connectivity index (χ3n) is 3.61. The Morgan fingerprint density at radius 1 is 1.10 bits per heavy atom. The zero-order valence-corrected chi connectivity index (χ0v) is 7.60. The fourth-order valence-electron chi connectivity index (χ4n) is 2.45. The normalized spacial score (nSPS) is 31.8. The van der Waals surface area contributed by atoms with Crippen LogP contribution >= 0.6 is 0 Å². The van der Waals surface area contributed by atoms with Gasteiger partial charge in [-0.3, -0.25) is 0 Å². The quantitative estimate of drug-likeness (QED) is 0.594. The molecule has 0 aliphatic heterocycles. The molecule has 1 atom stereocenters. The maximum atomic E-state index is 9.36. The molecule has 0 saturated heterocycles. The molecule has 0 heterocycles. The lowest BCUT2D eigenvalue weighted by atomic mass is 10.0. The molecule has 0 aromatic heterocycles. The van der Waals surface area contributed by atoms with Crippen LogP contribution in [0.2, 0.25) is 0 Å². The lowest BCUT2D eigenvalue weighted by Crippen LogP contribution is -2.08. The maximum absolute atomic E-state index is 9.36. The van der Waals surface area contributed by atoms with E-state index in [-0.39, 0.29) is 6.10 Å². The summed E-state index contributed by atoms with van der Waals surface area (Å²) in [6, 6.07) is 0. The molecule has 0 spiro atoms. The molecule has 1 unspecified atom stereocenters. The Kier molecular flexibility index (Phi) is 1.42. The third-order valence-corrected chi connectivity index (χ3v) is 3.61. The summed E-state index contributed by atoms with van der Waals surface area (Å²) in [5.41, 5.74) is 0.669. The lowest BCUT2D eigenvalue weighted by molar-refractivity contribution is 0.148. The van der Waals surface area contributed by atoms with Crippen LogP contribution in [0.5, 0.6) is 0 Å². The van der Waals surface area contributed by atoms with Gasteiger partial charge in [0.15, 0.2) is 0 Å². The van der Waals surface area contributed by atoms with Crippen molar-refractivity contribution in [2.75, 3.05) is 0 Å². The van der Waals surface area contributed by atoms with Gasteiger partial charge in [-0.1, -0.05) is 27.7 Å². The standard InChI is InChI=1S/C9H18O/c1-6(10)7-8(2,3)9(7,4)5/h6-7,10H,1-5H3. The molecule has 0 radical (unpaired) electrons. The Bertz CT molecular complexity index is 131. The molecule has 0 aromatic rings. The van der Waals surface area contributed by atoms with Crippen LogP contribution in [0.4, 0.5) is 0 Å². The second-order valence-electron chi connectivity index (χ2n) is 4.66. The van der Waals surface area contributed by atoms with Gasteiger partial charge in [0, 0.05) is 0 Å². The summed E-state index contributed by atoms with van der Waals surface area (Å²) < 4.78 is 0. The van der Waals surface area contributed by atoms with Gasteiger partial charge in [0.05, 0.1) is 6.10 Å². The molecule has 1 aliphatic rings. The van der Waals surface area contributed by atoms with Crippen LogP contribution in [0.1, 0.15) is 34.6 Å². The van der Waals surface area contributed by atoms with Crippen molar-refractivity contribution in [2.45, 2.75) is 40.7 Å². The molecule has 0 aromatic carbocycles. The first-order valence-corrected chi connectivity index (χ1v) is 4.00. The van der Waals surface area contributed by atoms with Crippen molar-refractivity contribution in [1.29, 1.82) is 0 Å². The van der Waals surface area contributed by atoms with Crippen LogP contribution in [-0.4, -0.2) is 11.2 Å². The van der Waals surface area contributed by atoms with Crippen molar-refractivity contribution in [3.8, 4) is 0 Å². The van der Waals surface area contributed by atoms with Crippen molar-refractivity contribution in [2.24, 2.45) is 16.7 Å². The van der Waals surface area contributed by atoms with Gasteiger partial charge in [-0.05, 0) is 23.7 Å². The molecule has 0 bridgehead atoms. The van der Waals surface area contributed by atoms with Crippen molar-refractivity contribution in [3.63, 3.8) is 0 Å². The van der Waals surface area contributed by atoms with Crippen molar-refractivity contribution in [1.82, 2.24) is 0 Å². The largest absolute Gasteiger partial charge is 0.393 e. The van der Waals surface area contributed by atoms with E-state index in [1.807, 2.05) is 6.92 Å². The van der Waals surface area contributed by atoms with Crippen LogP contribution in [0.25, 0.3) is 0 Å². The second kappa shape index (κ2) is 1.76. The molecule has 1 saturated carbocycles. The van der Waals surface area contributed by atoms with E-state index < -0.39 is 0 Å². The van der Waals surface area contributed by atoms with Crippen molar-refractivity contribution < 1.29 is 5.11 Å². The van der Waals surface area contributed by atoms with E-state index in [0.29, 0.717) is 16.7 Å². The summed E-state index contributed by atoms with van der Waals surface area (Å²) in [7, 11) is 0. The summed E-state index contributed by atoms with van der Waals surface area (Å²) in [6.07, 6.45) is -0.148. The zero-order chi connectivity index (χ0) is 8.15. The van der Waals surface area contributed by atoms with E-state index in [1.165, 1.54) is 0 Å². The first-order valence-electron chi connectivity index (χ1n) is 4.00. The van der Waals surface area contributed by atoms with Crippen LogP contribution in [0, 0.1) is 16.7 Å². The monoisotopic (exact) mass is 142 g/mol. The smallest absolute Gasteiger partial charge is 0.0550 e. The van der Waals surface area contributed by atoms with Crippen LogP contribution in [0.15, 0.2) is 0 Å². The van der Waals surface area contributed by atoms with Crippen LogP contribution in [0.3, 0.4) is 0 Å². The van der Waals surface area contributed by atoms with E-state index >= 15 is 0 Å². The molecular weight excluding hydrogens is 124 g/mol. The molecule has 1 fully saturated rings. The summed E-state index contributed by atoms with van der Waals surface area (Å²) >= 11 is 0. The highest BCUT2D eigenvalue weighted by Crippen LogP contribution is 2.69. The lowest BCUT2D eigenvalue weighted by Gasteiger charge is -2.03. The Morgan fingerprint density at radius 3 is 1.40 bits per heavy atom. The van der Waals surface area contributed by atoms with Crippen LogP contribution < -0.4 is 0 Å². The molecule has 1 N–H and O–H groups in total. The average molecular weight is 142 g/mol. The number of hydrogen-bond donors (Lipinski definition) is 1. The fraction of sp³-hybridized carbons (Fsp3) is 1.00. The highest BCUT2D eigenvalue weighted by atomic mass is 16.3. The summed E-state index contributed by atoms with van der Waals surface area (Å²) in [6.45, 7) is 10.8. The van der Waals surface area contributed by atoms with Gasteiger partial charge in [-0.15, -0.1) is 0 Å². The third kappa shape index (κ3) is 0.731. The predicted molar refractivity (Wildman–Crippen MR) is 42.7 cm³/mol. The van der Waals surface area contributed by atoms with E-state index in [1.54, 1.807) is 0 Å². The number of aliphatic hydroxyl groups excluding tert-OH is 1. The van der Waals surface area contributed by atoms with Crippen molar-refractivity contribution >= 4 is 0 Å². The minimum Gasteiger partial charge on any atom is -0.393 e. The molecule has 10 heavy (non-hydrogen) atoms. The van der Waals surface area contributed by atoms with Gasteiger partial charge in [0.2, 0.25) is 0 Å². The Labute approximate surface area is 63.4 Å². The summed E-state index contributed by atoms with van der Waals surface area (Å²) in [5.74, 6) is 0.486. The minimum atomic E-state index is -0.148. The summed E-state index contributed by atoms with van der Waals surface area (Å²) in [5, 5.41) is 9.36. The van der Waals surface area contributed by atoms with E-state index in [2.05, 4.69) is 27.7 Å². The minimum absolute atomic E-state index is 0.148. The SMILES string of the molecule is CC(O)C1C(C)(C)C1(C)C. The predicted octanol–water partition coefficient (Wildman–Crippen LogP) is 2.05. The van der Waals surface area contributed by atoms with E-state index in [0.717, 1.165) is 0 Å². The molecular formula is C9H18O. The second-order valence-corrected chi connectivity index (χ2v) is 4.66.